The number of anilines is 1. The lowest BCUT2D eigenvalue weighted by Crippen LogP contribution is -2.45. The molecule has 2 aliphatic rings. The van der Waals surface area contributed by atoms with E-state index in [-0.39, 0.29) is 18.4 Å². The van der Waals surface area contributed by atoms with Gasteiger partial charge in [-0.25, -0.2) is 0 Å². The quantitative estimate of drug-likeness (QED) is 0.706. The van der Waals surface area contributed by atoms with Gasteiger partial charge in [-0.1, -0.05) is 54.6 Å². The van der Waals surface area contributed by atoms with Gasteiger partial charge in [-0.3, -0.25) is 9.59 Å². The first-order valence-electron chi connectivity index (χ1n) is 9.82. The highest BCUT2D eigenvalue weighted by atomic mass is 16.5. The fourth-order valence-electron chi connectivity index (χ4n) is 4.17. The Morgan fingerprint density at radius 3 is 2.60 bits per heavy atom. The first kappa shape index (κ1) is 18.4. The molecule has 5 rings (SSSR count). The number of fused-ring (bicyclic) bond motifs is 2. The first-order valence-corrected chi connectivity index (χ1v) is 9.82. The lowest BCUT2D eigenvalue weighted by atomic mass is 9.93. The molecule has 3 aromatic carbocycles. The fraction of sp³-hybridized carbons (Fsp3) is 0.167. The summed E-state index contributed by atoms with van der Waals surface area (Å²) in [7, 11) is 0. The molecule has 0 bridgehead atoms. The van der Waals surface area contributed by atoms with Crippen LogP contribution < -0.4 is 10.1 Å². The maximum Gasteiger partial charge on any atom is 0.262 e. The molecule has 0 saturated heterocycles. The number of benzene rings is 3. The Labute approximate surface area is 173 Å². The molecule has 0 aliphatic carbocycles. The van der Waals surface area contributed by atoms with E-state index in [1.165, 1.54) is 4.90 Å². The third kappa shape index (κ3) is 2.84. The number of nitrogens with zero attached hydrogens (tertiary/aromatic N) is 1. The van der Waals surface area contributed by atoms with Crippen LogP contribution in [0.15, 0.2) is 72.8 Å². The van der Waals surface area contributed by atoms with Crippen molar-refractivity contribution in [3.05, 3.63) is 95.1 Å². The Kier molecular flexibility index (Phi) is 4.29. The van der Waals surface area contributed by atoms with Gasteiger partial charge in [0.15, 0.2) is 12.3 Å². The Bertz CT molecular complexity index is 1140. The molecule has 6 heteroatoms. The van der Waals surface area contributed by atoms with Gasteiger partial charge in [0.1, 0.15) is 5.75 Å². The van der Waals surface area contributed by atoms with Crippen molar-refractivity contribution in [2.75, 3.05) is 18.5 Å². The highest BCUT2D eigenvalue weighted by Gasteiger charge is 2.49. The van der Waals surface area contributed by atoms with E-state index in [9.17, 15) is 14.7 Å². The lowest BCUT2D eigenvalue weighted by molar-refractivity contribution is -0.118. The second kappa shape index (κ2) is 7.00. The number of carbonyl (C=O) groups is 2. The van der Waals surface area contributed by atoms with Crippen molar-refractivity contribution in [1.82, 2.24) is 4.90 Å². The Morgan fingerprint density at radius 2 is 1.77 bits per heavy atom. The van der Waals surface area contributed by atoms with Crippen LogP contribution in [-0.4, -0.2) is 35.0 Å². The number of hydrogen-bond acceptors (Lipinski definition) is 4. The lowest BCUT2D eigenvalue weighted by Gasteiger charge is -2.35. The summed E-state index contributed by atoms with van der Waals surface area (Å²) < 4.78 is 5.43. The molecule has 1 unspecified atom stereocenters. The van der Waals surface area contributed by atoms with Gasteiger partial charge in [-0.15, -0.1) is 0 Å². The summed E-state index contributed by atoms with van der Waals surface area (Å²) in [4.78, 5) is 26.5. The third-order valence-electron chi connectivity index (χ3n) is 5.65. The fourth-order valence-corrected chi connectivity index (χ4v) is 4.17. The van der Waals surface area contributed by atoms with Crippen molar-refractivity contribution in [1.29, 1.82) is 0 Å². The van der Waals surface area contributed by atoms with Crippen LogP contribution in [-0.2, 0) is 16.9 Å². The second-order valence-electron chi connectivity index (χ2n) is 7.46. The minimum absolute atomic E-state index is 0.0405. The van der Waals surface area contributed by atoms with Crippen molar-refractivity contribution in [2.24, 2.45) is 0 Å². The molecule has 0 aromatic heterocycles. The second-order valence-corrected chi connectivity index (χ2v) is 7.46. The Balaban J connectivity index is 1.58. The standard InChI is InChI=1S/C24H20N2O4/c27-22-15-30-21-11-10-17(14-20(21)25-22)24(29)19-9-5-4-8-18(19)23(28)26(24)13-12-16-6-2-1-3-7-16/h1-11,14,29H,12-13,15H2,(H,25,27). The van der Waals surface area contributed by atoms with Gasteiger partial charge in [-0.2, -0.15) is 0 Å². The number of hydrogen-bond donors (Lipinski definition) is 2. The van der Waals surface area contributed by atoms with Gasteiger partial charge < -0.3 is 20.1 Å². The largest absolute Gasteiger partial charge is 0.482 e. The molecule has 1 atom stereocenters. The van der Waals surface area contributed by atoms with Gasteiger partial charge in [0.05, 0.1) is 5.69 Å². The molecule has 2 aliphatic heterocycles. The van der Waals surface area contributed by atoms with Gasteiger partial charge in [0.2, 0.25) is 0 Å². The minimum Gasteiger partial charge on any atom is -0.482 e. The van der Waals surface area contributed by atoms with E-state index in [4.69, 9.17) is 4.74 Å². The van der Waals surface area contributed by atoms with E-state index < -0.39 is 5.72 Å². The number of ether oxygens (including phenoxy) is 1. The molecule has 3 aromatic rings. The molecular formula is C24H20N2O4. The van der Waals surface area contributed by atoms with Crippen LogP contribution in [0, 0.1) is 0 Å². The number of rotatable bonds is 4. The number of aliphatic hydroxyl groups is 1. The van der Waals surface area contributed by atoms with Crippen molar-refractivity contribution in [2.45, 2.75) is 12.1 Å². The highest BCUT2D eigenvalue weighted by Crippen LogP contribution is 2.44. The maximum absolute atomic E-state index is 13.2. The molecular weight excluding hydrogens is 380 g/mol. The van der Waals surface area contributed by atoms with Crippen LogP contribution >= 0.6 is 0 Å². The summed E-state index contributed by atoms with van der Waals surface area (Å²) >= 11 is 0. The van der Waals surface area contributed by atoms with E-state index in [1.54, 1.807) is 42.5 Å². The Hall–Kier alpha value is -3.64. The Morgan fingerprint density at radius 1 is 1.00 bits per heavy atom. The van der Waals surface area contributed by atoms with Crippen LogP contribution in [0.5, 0.6) is 5.75 Å². The maximum atomic E-state index is 13.2. The highest BCUT2D eigenvalue weighted by molar-refractivity contribution is 6.00. The zero-order valence-corrected chi connectivity index (χ0v) is 16.2. The van der Waals surface area contributed by atoms with E-state index in [0.717, 1.165) is 5.56 Å². The minimum atomic E-state index is -1.64. The molecule has 6 nitrogen and oxygen atoms in total. The predicted octanol–water partition coefficient (Wildman–Crippen LogP) is 2.91. The summed E-state index contributed by atoms with van der Waals surface area (Å²) in [6.45, 7) is 0.301. The number of carbonyl (C=O) groups excluding carboxylic acids is 2. The van der Waals surface area contributed by atoms with Gasteiger partial charge in [0, 0.05) is 23.2 Å². The topological polar surface area (TPSA) is 78.9 Å². The number of nitrogens with one attached hydrogen (secondary N) is 1. The predicted molar refractivity (Wildman–Crippen MR) is 111 cm³/mol. The normalized spacial score (nSPS) is 19.7. The van der Waals surface area contributed by atoms with Crippen molar-refractivity contribution in [3.63, 3.8) is 0 Å². The molecule has 30 heavy (non-hydrogen) atoms. The molecule has 2 N–H and O–H groups in total. The zero-order chi connectivity index (χ0) is 20.7. The average molecular weight is 400 g/mol. The first-order chi connectivity index (χ1) is 14.6. The molecule has 150 valence electrons. The van der Waals surface area contributed by atoms with Crippen LogP contribution in [0.4, 0.5) is 5.69 Å². The molecule has 0 saturated carbocycles. The van der Waals surface area contributed by atoms with E-state index in [1.807, 2.05) is 30.3 Å². The van der Waals surface area contributed by atoms with Gasteiger partial charge in [-0.05, 0) is 30.2 Å². The third-order valence-corrected chi connectivity index (χ3v) is 5.65. The summed E-state index contributed by atoms with van der Waals surface area (Å²) in [5.74, 6) is 0.0629. The molecule has 2 amide bonds. The summed E-state index contributed by atoms with van der Waals surface area (Å²) in [6, 6.07) is 22.1. The average Bonchev–Trinajstić information content (AvgIpc) is 3.00. The van der Waals surface area contributed by atoms with E-state index >= 15 is 0 Å². The van der Waals surface area contributed by atoms with Crippen LogP contribution in [0.3, 0.4) is 0 Å². The van der Waals surface area contributed by atoms with E-state index in [0.29, 0.717) is 41.1 Å². The summed E-state index contributed by atoms with van der Waals surface area (Å²) in [5.41, 5.74) is 1.43. The van der Waals surface area contributed by atoms with Crippen molar-refractivity contribution in [3.8, 4) is 5.75 Å². The monoisotopic (exact) mass is 400 g/mol. The SMILES string of the molecule is O=C1COc2ccc(C3(O)c4ccccc4C(=O)N3CCc3ccccc3)cc2N1. The van der Waals surface area contributed by atoms with Crippen LogP contribution in [0.1, 0.15) is 27.0 Å². The van der Waals surface area contributed by atoms with E-state index in [2.05, 4.69) is 5.32 Å². The van der Waals surface area contributed by atoms with Crippen LogP contribution in [0.2, 0.25) is 0 Å². The van der Waals surface area contributed by atoms with Gasteiger partial charge >= 0.3 is 0 Å². The van der Waals surface area contributed by atoms with Gasteiger partial charge in [0.25, 0.3) is 11.8 Å². The zero-order valence-electron chi connectivity index (χ0n) is 16.2. The molecule has 0 spiro atoms. The molecule has 0 fully saturated rings. The summed E-state index contributed by atoms with van der Waals surface area (Å²) in [5, 5.41) is 14.7. The van der Waals surface area contributed by atoms with Crippen molar-refractivity contribution >= 4 is 17.5 Å². The summed E-state index contributed by atoms with van der Waals surface area (Å²) in [6.07, 6.45) is 0.605. The number of amides is 2. The smallest absolute Gasteiger partial charge is 0.262 e. The molecule has 0 radical (unpaired) electrons. The molecule has 2 heterocycles. The van der Waals surface area contributed by atoms with Crippen LogP contribution in [0.25, 0.3) is 0 Å². The van der Waals surface area contributed by atoms with Crippen molar-refractivity contribution < 1.29 is 19.4 Å².